The van der Waals surface area contributed by atoms with E-state index in [9.17, 15) is 4.79 Å². The Kier molecular flexibility index (Phi) is 3.58. The van der Waals surface area contributed by atoms with Crippen molar-refractivity contribution in [3.05, 3.63) is 54.0 Å². The Morgan fingerprint density at radius 2 is 2.19 bits per heavy atom. The summed E-state index contributed by atoms with van der Waals surface area (Å²) in [6, 6.07) is 9.44. The Morgan fingerprint density at radius 3 is 2.90 bits per heavy atom. The van der Waals surface area contributed by atoms with Crippen molar-refractivity contribution in [3.63, 3.8) is 0 Å². The zero-order valence-electron chi connectivity index (χ0n) is 12.1. The van der Waals surface area contributed by atoms with Gasteiger partial charge in [0.05, 0.1) is 12.7 Å². The average molecular weight is 283 g/mol. The van der Waals surface area contributed by atoms with Crippen molar-refractivity contribution >= 4 is 16.8 Å². The third-order valence-corrected chi connectivity index (χ3v) is 3.32. The number of furan rings is 1. The lowest BCUT2D eigenvalue weighted by Gasteiger charge is -2.13. The van der Waals surface area contributed by atoms with Crippen LogP contribution in [0.25, 0.3) is 11.0 Å². The molecule has 21 heavy (non-hydrogen) atoms. The molecular weight excluding hydrogens is 266 g/mol. The number of fused-ring (bicyclic) bond motifs is 1. The van der Waals surface area contributed by atoms with E-state index in [1.807, 2.05) is 55.7 Å². The maximum absolute atomic E-state index is 12.3. The van der Waals surface area contributed by atoms with Gasteiger partial charge in [0.15, 0.2) is 5.76 Å². The second-order valence-corrected chi connectivity index (χ2v) is 5.27. The third kappa shape index (κ3) is 3.03. The average Bonchev–Trinajstić information content (AvgIpc) is 3.04. The fraction of sp³-hybridized carbons (Fsp3) is 0.250. The molecule has 0 amide bonds. The van der Waals surface area contributed by atoms with Gasteiger partial charge in [-0.25, -0.2) is 0 Å². The smallest absolute Gasteiger partial charge is 0.211 e. The van der Waals surface area contributed by atoms with Crippen LogP contribution in [0.3, 0.4) is 0 Å². The molecule has 0 atom stereocenters. The van der Waals surface area contributed by atoms with E-state index >= 15 is 0 Å². The van der Waals surface area contributed by atoms with Gasteiger partial charge >= 0.3 is 0 Å². The summed E-state index contributed by atoms with van der Waals surface area (Å²) in [5.41, 5.74) is 1.83. The highest BCUT2D eigenvalue weighted by atomic mass is 16.3. The molecule has 2 aromatic heterocycles. The van der Waals surface area contributed by atoms with E-state index in [0.29, 0.717) is 18.8 Å². The number of ketones is 1. The second kappa shape index (κ2) is 5.54. The number of aromatic nitrogens is 2. The molecule has 0 unspecified atom stereocenters. The third-order valence-electron chi connectivity index (χ3n) is 3.32. The van der Waals surface area contributed by atoms with Crippen molar-refractivity contribution in [2.24, 2.45) is 7.05 Å². The van der Waals surface area contributed by atoms with Crippen LogP contribution in [0.15, 0.2) is 47.1 Å². The van der Waals surface area contributed by atoms with Crippen LogP contribution in [-0.4, -0.2) is 34.1 Å². The minimum Gasteiger partial charge on any atom is -0.453 e. The topological polar surface area (TPSA) is 51.3 Å². The molecule has 0 aliphatic rings. The molecule has 0 aliphatic heterocycles. The molecule has 0 N–H and O–H groups in total. The summed E-state index contributed by atoms with van der Waals surface area (Å²) in [6.45, 7) is 0.995. The molecule has 3 rings (SSSR count). The standard InChI is InChI=1S/C16H17N3O2/c1-18(9-12-8-17-19(2)10-12)11-14(20)16-7-13-5-3-4-6-15(13)21-16/h3-8,10H,9,11H2,1-2H3. The molecule has 0 fully saturated rings. The van der Waals surface area contributed by atoms with Gasteiger partial charge < -0.3 is 4.42 Å². The second-order valence-electron chi connectivity index (χ2n) is 5.27. The van der Waals surface area contributed by atoms with E-state index in [-0.39, 0.29) is 5.78 Å². The van der Waals surface area contributed by atoms with Crippen LogP contribution in [0.1, 0.15) is 16.1 Å². The summed E-state index contributed by atoms with van der Waals surface area (Å²) in [5, 5.41) is 5.08. The first-order valence-corrected chi connectivity index (χ1v) is 6.79. The molecule has 0 spiro atoms. The minimum absolute atomic E-state index is 0.0161. The first-order chi connectivity index (χ1) is 10.1. The molecular formula is C16H17N3O2. The minimum atomic E-state index is -0.0161. The summed E-state index contributed by atoms with van der Waals surface area (Å²) in [7, 11) is 3.79. The van der Waals surface area contributed by atoms with Crippen LogP contribution in [0, 0.1) is 0 Å². The van der Waals surface area contributed by atoms with Gasteiger partial charge in [0, 0.05) is 30.7 Å². The number of likely N-dealkylation sites (N-methyl/N-ethyl adjacent to an activating group) is 1. The zero-order valence-corrected chi connectivity index (χ0v) is 12.1. The lowest BCUT2D eigenvalue weighted by molar-refractivity contribution is 0.0918. The van der Waals surface area contributed by atoms with E-state index in [0.717, 1.165) is 16.5 Å². The maximum Gasteiger partial charge on any atom is 0.211 e. The number of rotatable bonds is 5. The van der Waals surface area contributed by atoms with E-state index in [4.69, 9.17) is 4.42 Å². The van der Waals surface area contributed by atoms with Crippen molar-refractivity contribution in [1.82, 2.24) is 14.7 Å². The number of carbonyl (C=O) groups excluding carboxylic acids is 1. The summed E-state index contributed by atoms with van der Waals surface area (Å²) in [5.74, 6) is 0.395. The van der Waals surface area contributed by atoms with Crippen molar-refractivity contribution < 1.29 is 9.21 Å². The van der Waals surface area contributed by atoms with Gasteiger partial charge in [0.2, 0.25) is 5.78 Å². The van der Waals surface area contributed by atoms with Crippen molar-refractivity contribution in [3.8, 4) is 0 Å². The fourth-order valence-corrected chi connectivity index (χ4v) is 2.36. The fourth-order valence-electron chi connectivity index (χ4n) is 2.36. The largest absolute Gasteiger partial charge is 0.453 e. The van der Waals surface area contributed by atoms with Crippen LogP contribution >= 0.6 is 0 Å². The van der Waals surface area contributed by atoms with Gasteiger partial charge in [0.1, 0.15) is 5.58 Å². The number of benzene rings is 1. The Hall–Kier alpha value is -2.40. The van der Waals surface area contributed by atoms with Crippen LogP contribution < -0.4 is 0 Å². The predicted molar refractivity (Wildman–Crippen MR) is 80.1 cm³/mol. The molecule has 1 aromatic carbocycles. The summed E-state index contributed by atoms with van der Waals surface area (Å²) >= 11 is 0. The van der Waals surface area contributed by atoms with Crippen molar-refractivity contribution in [1.29, 1.82) is 0 Å². The molecule has 0 radical (unpaired) electrons. The predicted octanol–water partition coefficient (Wildman–Crippen LogP) is 2.48. The van der Waals surface area contributed by atoms with Gasteiger partial charge in [-0.3, -0.25) is 14.4 Å². The number of nitrogens with zero attached hydrogens (tertiary/aromatic N) is 3. The van der Waals surface area contributed by atoms with Gasteiger partial charge in [-0.15, -0.1) is 0 Å². The lowest BCUT2D eigenvalue weighted by atomic mass is 10.2. The first kappa shape index (κ1) is 13.6. The zero-order chi connectivity index (χ0) is 14.8. The van der Waals surface area contributed by atoms with Gasteiger partial charge in [0.25, 0.3) is 0 Å². The number of Topliss-reactive ketones (excluding diaryl/α,β-unsaturated/α-hetero) is 1. The van der Waals surface area contributed by atoms with E-state index in [1.165, 1.54) is 0 Å². The summed E-state index contributed by atoms with van der Waals surface area (Å²) in [6.07, 6.45) is 3.75. The van der Waals surface area contributed by atoms with Gasteiger partial charge in [-0.1, -0.05) is 18.2 Å². The van der Waals surface area contributed by atoms with Crippen molar-refractivity contribution in [2.75, 3.05) is 13.6 Å². The molecule has 3 aromatic rings. The van der Waals surface area contributed by atoms with E-state index in [1.54, 1.807) is 10.7 Å². The van der Waals surface area contributed by atoms with E-state index < -0.39 is 0 Å². The Bertz CT molecular complexity index is 740. The van der Waals surface area contributed by atoms with Crippen molar-refractivity contribution in [2.45, 2.75) is 6.54 Å². The Balaban J connectivity index is 1.67. The van der Waals surface area contributed by atoms with Crippen LogP contribution in [0.4, 0.5) is 0 Å². The summed E-state index contributed by atoms with van der Waals surface area (Å²) in [4.78, 5) is 14.2. The van der Waals surface area contributed by atoms with Gasteiger partial charge in [-0.2, -0.15) is 5.10 Å². The van der Waals surface area contributed by atoms with E-state index in [2.05, 4.69) is 5.10 Å². The number of carbonyl (C=O) groups is 1. The SMILES string of the molecule is CN(CC(=O)c1cc2ccccc2o1)Cc1cnn(C)c1. The number of para-hydroxylation sites is 1. The Morgan fingerprint density at radius 1 is 1.38 bits per heavy atom. The number of aryl methyl sites for hydroxylation is 1. The molecule has 2 heterocycles. The molecule has 108 valence electrons. The molecule has 0 bridgehead atoms. The van der Waals surface area contributed by atoms with Gasteiger partial charge in [-0.05, 0) is 19.2 Å². The normalized spacial score (nSPS) is 11.4. The lowest BCUT2D eigenvalue weighted by Crippen LogP contribution is -2.25. The Labute approximate surface area is 122 Å². The maximum atomic E-state index is 12.3. The summed E-state index contributed by atoms with van der Waals surface area (Å²) < 4.78 is 7.35. The molecule has 0 saturated carbocycles. The quantitative estimate of drug-likeness (QED) is 0.675. The van der Waals surface area contributed by atoms with Crippen LogP contribution in [-0.2, 0) is 13.6 Å². The van der Waals surface area contributed by atoms with Crippen LogP contribution in [0.5, 0.6) is 0 Å². The highest BCUT2D eigenvalue weighted by Crippen LogP contribution is 2.19. The monoisotopic (exact) mass is 283 g/mol. The number of hydrogen-bond acceptors (Lipinski definition) is 4. The first-order valence-electron chi connectivity index (χ1n) is 6.79. The highest BCUT2D eigenvalue weighted by molar-refractivity contribution is 5.98. The molecule has 5 heteroatoms. The highest BCUT2D eigenvalue weighted by Gasteiger charge is 2.14. The number of hydrogen-bond donors (Lipinski definition) is 0. The molecule has 0 aliphatic carbocycles. The molecule has 0 saturated heterocycles. The molecule has 5 nitrogen and oxygen atoms in total. The van der Waals surface area contributed by atoms with Crippen LogP contribution in [0.2, 0.25) is 0 Å².